The highest BCUT2D eigenvalue weighted by Crippen LogP contribution is 2.11. The van der Waals surface area contributed by atoms with Gasteiger partial charge in [-0.25, -0.2) is 0 Å². The van der Waals surface area contributed by atoms with Gasteiger partial charge in [0.1, 0.15) is 0 Å². The molecule has 0 aromatic heterocycles. The summed E-state index contributed by atoms with van der Waals surface area (Å²) >= 11 is 0. The number of ketones is 1. The van der Waals surface area contributed by atoms with Crippen molar-refractivity contribution in [3.63, 3.8) is 0 Å². The first-order valence-electron chi connectivity index (χ1n) is 3.81. The van der Waals surface area contributed by atoms with Crippen LogP contribution in [0.25, 0.3) is 0 Å². The van der Waals surface area contributed by atoms with E-state index >= 15 is 0 Å². The van der Waals surface area contributed by atoms with Gasteiger partial charge in [-0.2, -0.15) is 0 Å². The molecule has 0 saturated carbocycles. The van der Waals surface area contributed by atoms with E-state index in [1.54, 1.807) is 6.08 Å². The van der Waals surface area contributed by atoms with Gasteiger partial charge in [-0.05, 0) is 18.9 Å². The van der Waals surface area contributed by atoms with Gasteiger partial charge >= 0.3 is 0 Å². The molecule has 2 heteroatoms. The first-order chi connectivity index (χ1) is 5.34. The van der Waals surface area contributed by atoms with Crippen LogP contribution in [0.1, 0.15) is 19.3 Å². The minimum absolute atomic E-state index is 0.0414. The van der Waals surface area contributed by atoms with Crippen LogP contribution in [0.3, 0.4) is 0 Å². The average Bonchev–Trinajstić information content (AvgIpc) is 2.07. The normalized spacial score (nSPS) is 16.5. The minimum Gasteiger partial charge on any atom is -0.490 e. The maximum absolute atomic E-state index is 11.1. The van der Waals surface area contributed by atoms with E-state index in [-0.39, 0.29) is 5.78 Å². The third kappa shape index (κ3) is 2.22. The van der Waals surface area contributed by atoms with Crippen LogP contribution in [-0.4, -0.2) is 12.4 Å². The number of carbonyl (C=O) groups is 1. The molecule has 0 N–H and O–H groups in total. The first-order valence-corrected chi connectivity index (χ1v) is 3.81. The molecule has 1 heterocycles. The molecule has 0 bridgehead atoms. The van der Waals surface area contributed by atoms with Gasteiger partial charge in [0.25, 0.3) is 0 Å². The van der Waals surface area contributed by atoms with Crippen molar-refractivity contribution in [2.24, 2.45) is 0 Å². The average molecular weight is 152 g/mol. The molecule has 2 nitrogen and oxygen atoms in total. The lowest BCUT2D eigenvalue weighted by Crippen LogP contribution is -2.09. The molecule has 0 aromatic carbocycles. The highest BCUT2D eigenvalue weighted by molar-refractivity contribution is 5.94. The summed E-state index contributed by atoms with van der Waals surface area (Å²) in [4.78, 5) is 11.1. The largest absolute Gasteiger partial charge is 0.490 e. The molecule has 1 rings (SSSR count). The van der Waals surface area contributed by atoms with Crippen molar-refractivity contribution in [1.82, 2.24) is 0 Å². The fourth-order valence-electron chi connectivity index (χ4n) is 0.984. The zero-order valence-electron chi connectivity index (χ0n) is 6.51. The Kier molecular flexibility index (Phi) is 2.90. The Bertz CT molecular complexity index is 192. The SMILES string of the molecule is C=CCC(=O)C1=CCCCO1. The van der Waals surface area contributed by atoms with Crippen LogP contribution < -0.4 is 0 Å². The fraction of sp³-hybridized carbons (Fsp3) is 0.444. The Hall–Kier alpha value is -1.05. The summed E-state index contributed by atoms with van der Waals surface area (Å²) in [6.07, 6.45) is 5.81. The molecule has 11 heavy (non-hydrogen) atoms. The Morgan fingerprint density at radius 2 is 2.64 bits per heavy atom. The third-order valence-electron chi connectivity index (χ3n) is 1.54. The summed E-state index contributed by atoms with van der Waals surface area (Å²) in [5.41, 5.74) is 0. The molecule has 0 aromatic rings. The summed E-state index contributed by atoms with van der Waals surface area (Å²) in [5.74, 6) is 0.566. The van der Waals surface area contributed by atoms with Crippen molar-refractivity contribution in [3.05, 3.63) is 24.5 Å². The van der Waals surface area contributed by atoms with E-state index in [4.69, 9.17) is 4.74 Å². The minimum atomic E-state index is 0.0414. The second-order valence-corrected chi connectivity index (χ2v) is 2.48. The second kappa shape index (κ2) is 3.96. The van der Waals surface area contributed by atoms with Crippen molar-refractivity contribution in [3.8, 4) is 0 Å². The molecule has 1 aliphatic rings. The standard InChI is InChI=1S/C9H12O2/c1-2-5-8(10)9-6-3-4-7-11-9/h2,6H,1,3-5,7H2. The number of hydrogen-bond acceptors (Lipinski definition) is 2. The number of carbonyl (C=O) groups excluding carboxylic acids is 1. The summed E-state index contributed by atoms with van der Waals surface area (Å²) in [6.45, 7) is 4.17. The Labute approximate surface area is 66.5 Å². The predicted octanol–water partition coefficient (Wildman–Crippen LogP) is 1.83. The van der Waals surface area contributed by atoms with Crippen molar-refractivity contribution in [1.29, 1.82) is 0 Å². The molecule has 0 aliphatic carbocycles. The molecular weight excluding hydrogens is 140 g/mol. The molecule has 0 unspecified atom stereocenters. The molecule has 0 atom stereocenters. The van der Waals surface area contributed by atoms with E-state index in [1.807, 2.05) is 6.08 Å². The Balaban J connectivity index is 2.50. The number of hydrogen-bond donors (Lipinski definition) is 0. The molecule has 0 fully saturated rings. The monoisotopic (exact) mass is 152 g/mol. The van der Waals surface area contributed by atoms with Crippen molar-refractivity contribution >= 4 is 5.78 Å². The maximum Gasteiger partial charge on any atom is 0.200 e. The second-order valence-electron chi connectivity index (χ2n) is 2.48. The quantitative estimate of drug-likeness (QED) is 0.576. The van der Waals surface area contributed by atoms with Crippen molar-refractivity contribution in [2.75, 3.05) is 6.61 Å². The van der Waals surface area contributed by atoms with Crippen molar-refractivity contribution < 1.29 is 9.53 Å². The summed E-state index contributed by atoms with van der Waals surface area (Å²) in [7, 11) is 0. The summed E-state index contributed by atoms with van der Waals surface area (Å²) in [6, 6.07) is 0. The lowest BCUT2D eigenvalue weighted by atomic mass is 10.1. The number of allylic oxidation sites excluding steroid dienone is 3. The van der Waals surface area contributed by atoms with E-state index in [1.165, 1.54) is 0 Å². The van der Waals surface area contributed by atoms with Crippen LogP contribution in [0.2, 0.25) is 0 Å². The smallest absolute Gasteiger partial charge is 0.200 e. The van der Waals surface area contributed by atoms with E-state index in [0.29, 0.717) is 18.8 Å². The molecule has 1 aliphatic heterocycles. The maximum atomic E-state index is 11.1. The number of ether oxygens (including phenoxy) is 1. The van der Waals surface area contributed by atoms with Gasteiger partial charge in [0.2, 0.25) is 5.78 Å². The van der Waals surface area contributed by atoms with Gasteiger partial charge in [-0.1, -0.05) is 6.08 Å². The van der Waals surface area contributed by atoms with Gasteiger partial charge in [0.05, 0.1) is 6.61 Å². The van der Waals surface area contributed by atoms with Crippen LogP contribution >= 0.6 is 0 Å². The molecule has 0 saturated heterocycles. The first kappa shape index (κ1) is 8.05. The van der Waals surface area contributed by atoms with Gasteiger partial charge < -0.3 is 4.74 Å². The fourth-order valence-corrected chi connectivity index (χ4v) is 0.984. The van der Waals surface area contributed by atoms with Crippen LogP contribution in [0, 0.1) is 0 Å². The van der Waals surface area contributed by atoms with E-state index in [2.05, 4.69) is 6.58 Å². The highest BCUT2D eigenvalue weighted by Gasteiger charge is 2.11. The topological polar surface area (TPSA) is 26.3 Å². The van der Waals surface area contributed by atoms with Gasteiger partial charge in [0.15, 0.2) is 5.76 Å². The van der Waals surface area contributed by atoms with Crippen LogP contribution in [0.15, 0.2) is 24.5 Å². The van der Waals surface area contributed by atoms with E-state index in [9.17, 15) is 4.79 Å². The van der Waals surface area contributed by atoms with Crippen LogP contribution in [-0.2, 0) is 9.53 Å². The molecule has 60 valence electrons. The van der Waals surface area contributed by atoms with Gasteiger partial charge in [-0.15, -0.1) is 6.58 Å². The van der Waals surface area contributed by atoms with Crippen LogP contribution in [0.4, 0.5) is 0 Å². The number of rotatable bonds is 3. The summed E-state index contributed by atoms with van der Waals surface area (Å²) < 4.78 is 5.16. The lowest BCUT2D eigenvalue weighted by Gasteiger charge is -2.12. The Morgan fingerprint density at radius 1 is 1.82 bits per heavy atom. The highest BCUT2D eigenvalue weighted by atomic mass is 16.5. The van der Waals surface area contributed by atoms with E-state index < -0.39 is 0 Å². The van der Waals surface area contributed by atoms with E-state index in [0.717, 1.165) is 12.8 Å². The van der Waals surface area contributed by atoms with Crippen LogP contribution in [0.5, 0.6) is 0 Å². The zero-order chi connectivity index (χ0) is 8.10. The lowest BCUT2D eigenvalue weighted by molar-refractivity contribution is -0.118. The van der Waals surface area contributed by atoms with Crippen molar-refractivity contribution in [2.45, 2.75) is 19.3 Å². The molecule has 0 spiro atoms. The zero-order valence-corrected chi connectivity index (χ0v) is 6.51. The molecular formula is C9H12O2. The molecule has 0 amide bonds. The third-order valence-corrected chi connectivity index (χ3v) is 1.54. The Morgan fingerprint density at radius 3 is 3.18 bits per heavy atom. The predicted molar refractivity (Wildman–Crippen MR) is 43.1 cm³/mol. The van der Waals surface area contributed by atoms with Gasteiger partial charge in [0, 0.05) is 6.42 Å². The van der Waals surface area contributed by atoms with Gasteiger partial charge in [-0.3, -0.25) is 4.79 Å². The number of Topliss-reactive ketones (excluding diaryl/α,β-unsaturated/α-hetero) is 1. The molecule has 0 radical (unpaired) electrons. The summed E-state index contributed by atoms with van der Waals surface area (Å²) in [5, 5.41) is 0.